The van der Waals surface area contributed by atoms with Crippen LogP contribution in [0.25, 0.3) is 6.08 Å². The molecule has 126 valence electrons. The third-order valence-electron chi connectivity index (χ3n) is 3.19. The number of hydrogen-bond acceptors (Lipinski definition) is 3. The van der Waals surface area contributed by atoms with E-state index < -0.39 is 0 Å². The Morgan fingerprint density at radius 3 is 2.21 bits per heavy atom. The van der Waals surface area contributed by atoms with Gasteiger partial charge < -0.3 is 9.47 Å². The van der Waals surface area contributed by atoms with Gasteiger partial charge in [0.2, 0.25) is 0 Å². The van der Waals surface area contributed by atoms with Crippen molar-refractivity contribution in [3.63, 3.8) is 0 Å². The maximum absolute atomic E-state index is 12.2. The molecule has 2 aromatic rings. The Balaban J connectivity index is 2.24. The molecule has 0 aliphatic carbocycles. The summed E-state index contributed by atoms with van der Waals surface area (Å²) < 4.78 is 11.6. The molecule has 2 aromatic carbocycles. The number of carbonyl (C=O) groups is 1. The molecule has 0 N–H and O–H groups in total. The molecular weight excluding hydrogens is 300 g/mol. The molecule has 0 aliphatic heterocycles. The van der Waals surface area contributed by atoms with Crippen LogP contribution in [0.1, 0.15) is 43.6 Å². The van der Waals surface area contributed by atoms with Gasteiger partial charge in [-0.25, -0.2) is 0 Å². The average Bonchev–Trinajstić information content (AvgIpc) is 2.53. The average molecular weight is 324 g/mol. The van der Waals surface area contributed by atoms with E-state index in [1.54, 1.807) is 24.3 Å². The number of carbonyl (C=O) groups excluding carboxylic acids is 1. The molecule has 0 fully saturated rings. The van der Waals surface area contributed by atoms with Crippen LogP contribution < -0.4 is 9.47 Å². The van der Waals surface area contributed by atoms with E-state index in [0.717, 1.165) is 11.3 Å². The van der Waals surface area contributed by atoms with E-state index in [9.17, 15) is 4.79 Å². The minimum Gasteiger partial charge on any atom is -0.491 e. The highest BCUT2D eigenvalue weighted by Gasteiger charge is 2.08. The van der Waals surface area contributed by atoms with Gasteiger partial charge in [0.05, 0.1) is 12.2 Å². The molecule has 0 heterocycles. The van der Waals surface area contributed by atoms with Crippen molar-refractivity contribution in [3.05, 3.63) is 65.7 Å². The first-order chi connectivity index (χ1) is 11.5. The van der Waals surface area contributed by atoms with Gasteiger partial charge in [-0.15, -0.1) is 0 Å². The number of allylic oxidation sites excluding steroid dienone is 1. The summed E-state index contributed by atoms with van der Waals surface area (Å²) in [6.07, 6.45) is 3.49. The Hall–Kier alpha value is -2.55. The molecule has 2 rings (SSSR count). The monoisotopic (exact) mass is 324 g/mol. The number of hydrogen-bond donors (Lipinski definition) is 0. The van der Waals surface area contributed by atoms with Crippen LogP contribution in [0.5, 0.6) is 11.5 Å². The van der Waals surface area contributed by atoms with E-state index in [-0.39, 0.29) is 18.0 Å². The van der Waals surface area contributed by atoms with Crippen LogP contribution in [0.2, 0.25) is 0 Å². The first-order valence-electron chi connectivity index (χ1n) is 8.20. The summed E-state index contributed by atoms with van der Waals surface area (Å²) in [5.74, 6) is 1.43. The van der Waals surface area contributed by atoms with Crippen LogP contribution in [0.3, 0.4) is 0 Å². The third kappa shape index (κ3) is 5.27. The predicted octanol–water partition coefficient (Wildman–Crippen LogP) is 5.16. The Bertz CT molecular complexity index is 700. The molecule has 0 bridgehead atoms. The van der Waals surface area contributed by atoms with Crippen LogP contribution in [-0.2, 0) is 0 Å². The second-order valence-corrected chi connectivity index (χ2v) is 6.10. The van der Waals surface area contributed by atoms with Crippen molar-refractivity contribution in [1.82, 2.24) is 0 Å². The van der Waals surface area contributed by atoms with Gasteiger partial charge >= 0.3 is 0 Å². The summed E-state index contributed by atoms with van der Waals surface area (Å²) >= 11 is 0. The van der Waals surface area contributed by atoms with Gasteiger partial charge in [-0.05, 0) is 52.0 Å². The quantitative estimate of drug-likeness (QED) is 0.521. The molecule has 0 aliphatic rings. The van der Waals surface area contributed by atoms with Crippen molar-refractivity contribution < 1.29 is 14.3 Å². The van der Waals surface area contributed by atoms with Gasteiger partial charge in [-0.2, -0.15) is 0 Å². The van der Waals surface area contributed by atoms with E-state index in [1.165, 1.54) is 0 Å². The van der Waals surface area contributed by atoms with Crippen molar-refractivity contribution in [1.29, 1.82) is 0 Å². The van der Waals surface area contributed by atoms with Crippen molar-refractivity contribution in [2.75, 3.05) is 0 Å². The lowest BCUT2D eigenvalue weighted by molar-refractivity contribution is 0.104. The van der Waals surface area contributed by atoms with Gasteiger partial charge in [-0.3, -0.25) is 4.79 Å². The Kier molecular flexibility index (Phi) is 6.19. The zero-order valence-electron chi connectivity index (χ0n) is 14.7. The standard InChI is InChI=1S/C21H24O3/c1-15(2)23-19-12-10-18(21(14-19)24-16(3)4)11-13-20(22)17-8-6-5-7-9-17/h5-16H,1-4H3/b13-11+. The molecule has 24 heavy (non-hydrogen) atoms. The second-order valence-electron chi connectivity index (χ2n) is 6.10. The number of ketones is 1. The molecule has 3 nitrogen and oxygen atoms in total. The lowest BCUT2D eigenvalue weighted by Crippen LogP contribution is -2.09. The first-order valence-corrected chi connectivity index (χ1v) is 8.20. The van der Waals surface area contributed by atoms with Gasteiger partial charge in [0.25, 0.3) is 0 Å². The van der Waals surface area contributed by atoms with Crippen LogP contribution >= 0.6 is 0 Å². The van der Waals surface area contributed by atoms with Gasteiger partial charge in [0.15, 0.2) is 5.78 Å². The normalized spacial score (nSPS) is 11.2. The fraction of sp³-hybridized carbons (Fsp3) is 0.286. The van der Waals surface area contributed by atoms with E-state index in [0.29, 0.717) is 11.3 Å². The van der Waals surface area contributed by atoms with E-state index in [4.69, 9.17) is 9.47 Å². The summed E-state index contributed by atoms with van der Waals surface area (Å²) in [6.45, 7) is 7.90. The minimum atomic E-state index is -0.0337. The molecule has 0 radical (unpaired) electrons. The number of ether oxygens (including phenoxy) is 2. The largest absolute Gasteiger partial charge is 0.491 e. The third-order valence-corrected chi connectivity index (χ3v) is 3.19. The zero-order valence-corrected chi connectivity index (χ0v) is 14.7. The fourth-order valence-corrected chi connectivity index (χ4v) is 2.22. The second kappa shape index (κ2) is 8.34. The Labute approximate surface area is 143 Å². The van der Waals surface area contributed by atoms with Crippen molar-refractivity contribution in [2.45, 2.75) is 39.9 Å². The maximum Gasteiger partial charge on any atom is 0.185 e. The Morgan fingerprint density at radius 2 is 1.58 bits per heavy atom. The highest BCUT2D eigenvalue weighted by Crippen LogP contribution is 2.28. The van der Waals surface area contributed by atoms with Gasteiger partial charge in [0.1, 0.15) is 11.5 Å². The highest BCUT2D eigenvalue weighted by molar-refractivity contribution is 6.06. The summed E-state index contributed by atoms with van der Waals surface area (Å²) in [6, 6.07) is 14.9. The van der Waals surface area contributed by atoms with E-state index >= 15 is 0 Å². The first kappa shape index (κ1) is 17.8. The van der Waals surface area contributed by atoms with Crippen LogP contribution in [0, 0.1) is 0 Å². The molecule has 0 amide bonds. The fourth-order valence-electron chi connectivity index (χ4n) is 2.22. The highest BCUT2D eigenvalue weighted by atomic mass is 16.5. The van der Waals surface area contributed by atoms with Gasteiger partial charge in [-0.1, -0.05) is 30.3 Å². The lowest BCUT2D eigenvalue weighted by Gasteiger charge is -2.15. The molecular formula is C21H24O3. The molecule has 0 saturated heterocycles. The molecule has 0 atom stereocenters. The topological polar surface area (TPSA) is 35.5 Å². The number of rotatable bonds is 7. The van der Waals surface area contributed by atoms with Crippen molar-refractivity contribution >= 4 is 11.9 Å². The Morgan fingerprint density at radius 1 is 0.917 bits per heavy atom. The van der Waals surface area contributed by atoms with Crippen LogP contribution in [0.4, 0.5) is 0 Å². The molecule has 0 spiro atoms. The maximum atomic E-state index is 12.2. The van der Waals surface area contributed by atoms with E-state index in [1.807, 2.05) is 64.1 Å². The smallest absolute Gasteiger partial charge is 0.185 e. The molecule has 0 unspecified atom stereocenters. The summed E-state index contributed by atoms with van der Waals surface area (Å²) in [7, 11) is 0. The summed E-state index contributed by atoms with van der Waals surface area (Å²) in [5, 5.41) is 0. The molecule has 0 saturated carbocycles. The van der Waals surface area contributed by atoms with Gasteiger partial charge in [0, 0.05) is 17.2 Å². The number of benzene rings is 2. The summed E-state index contributed by atoms with van der Waals surface area (Å²) in [4.78, 5) is 12.2. The lowest BCUT2D eigenvalue weighted by atomic mass is 10.1. The van der Waals surface area contributed by atoms with Crippen LogP contribution in [-0.4, -0.2) is 18.0 Å². The minimum absolute atomic E-state index is 0.0337. The predicted molar refractivity (Wildman–Crippen MR) is 97.8 cm³/mol. The van der Waals surface area contributed by atoms with Crippen molar-refractivity contribution in [2.24, 2.45) is 0 Å². The SMILES string of the molecule is CC(C)Oc1ccc(/C=C/C(=O)c2ccccc2)c(OC(C)C)c1. The summed E-state index contributed by atoms with van der Waals surface area (Å²) in [5.41, 5.74) is 1.52. The van der Waals surface area contributed by atoms with E-state index in [2.05, 4.69) is 0 Å². The molecule has 0 aromatic heterocycles. The molecule has 3 heteroatoms. The zero-order chi connectivity index (χ0) is 17.5. The van der Waals surface area contributed by atoms with Crippen molar-refractivity contribution in [3.8, 4) is 11.5 Å². The van der Waals surface area contributed by atoms with Crippen LogP contribution in [0.15, 0.2) is 54.6 Å².